The number of aliphatic hydroxyl groups excluding tert-OH is 1. The Bertz CT molecular complexity index is 694. The molecule has 0 atom stereocenters. The first-order chi connectivity index (χ1) is 10.7. The lowest BCUT2D eigenvalue weighted by atomic mass is 9.77. The zero-order valence-corrected chi connectivity index (χ0v) is 13.1. The van der Waals surface area contributed by atoms with Gasteiger partial charge in [0.15, 0.2) is 0 Å². The first kappa shape index (κ1) is 15.3. The molecule has 0 spiro atoms. The van der Waals surface area contributed by atoms with Crippen LogP contribution in [-0.4, -0.2) is 34.7 Å². The normalized spacial score (nSPS) is 18.6. The molecule has 4 heteroatoms. The van der Waals surface area contributed by atoms with E-state index in [1.165, 1.54) is 0 Å². The molecule has 4 nitrogen and oxygen atoms in total. The lowest BCUT2D eigenvalue weighted by Gasteiger charge is -2.40. The molecule has 2 aromatic rings. The minimum Gasteiger partial charge on any atom is -0.396 e. The number of rotatable bonds is 4. The average molecular weight is 300 g/mol. The second kappa shape index (κ2) is 6.23. The van der Waals surface area contributed by atoms with E-state index in [9.17, 15) is 9.90 Å². The topological polar surface area (TPSA) is 56.3 Å². The van der Waals surface area contributed by atoms with Crippen molar-refractivity contribution in [3.63, 3.8) is 0 Å². The fourth-order valence-electron chi connectivity index (χ4n) is 3.36. The van der Waals surface area contributed by atoms with E-state index in [0.717, 1.165) is 48.8 Å². The molecule has 3 rings (SSSR count). The standard InChI is InChI=1S/C18H24N2O2/c1-2-18(13-21)7-9-20(10-8-18)12-15-11-14-5-3-4-6-16(14)19-17(15)22/h3-6,11,21H,2,7-10,12-13H2,1H3,(H,19,22). The summed E-state index contributed by atoms with van der Waals surface area (Å²) in [5, 5.41) is 10.7. The highest BCUT2D eigenvalue weighted by Gasteiger charge is 2.32. The van der Waals surface area contributed by atoms with E-state index >= 15 is 0 Å². The van der Waals surface area contributed by atoms with Gasteiger partial charge >= 0.3 is 0 Å². The molecule has 0 bridgehead atoms. The maximum Gasteiger partial charge on any atom is 0.252 e. The minimum atomic E-state index is 0.00758. The van der Waals surface area contributed by atoms with Crippen molar-refractivity contribution in [3.05, 3.63) is 46.2 Å². The molecule has 22 heavy (non-hydrogen) atoms. The van der Waals surface area contributed by atoms with Crippen molar-refractivity contribution in [2.75, 3.05) is 19.7 Å². The fraction of sp³-hybridized carbons (Fsp3) is 0.500. The predicted molar refractivity (Wildman–Crippen MR) is 88.9 cm³/mol. The zero-order chi connectivity index (χ0) is 15.6. The molecule has 0 unspecified atom stereocenters. The van der Waals surface area contributed by atoms with Crippen LogP contribution in [0.3, 0.4) is 0 Å². The number of benzene rings is 1. The van der Waals surface area contributed by atoms with Gasteiger partial charge in [-0.2, -0.15) is 0 Å². The molecule has 1 saturated heterocycles. The quantitative estimate of drug-likeness (QED) is 0.912. The van der Waals surface area contributed by atoms with E-state index in [4.69, 9.17) is 0 Å². The Hall–Kier alpha value is -1.65. The van der Waals surface area contributed by atoms with Gasteiger partial charge < -0.3 is 10.1 Å². The summed E-state index contributed by atoms with van der Waals surface area (Å²) in [5.41, 5.74) is 1.81. The third-order valence-electron chi connectivity index (χ3n) is 5.23. The number of pyridine rings is 1. The third kappa shape index (κ3) is 2.94. The summed E-state index contributed by atoms with van der Waals surface area (Å²) < 4.78 is 0. The molecular weight excluding hydrogens is 276 g/mol. The number of aromatic nitrogens is 1. The SMILES string of the molecule is CCC1(CO)CCN(Cc2cc3ccccc3[nH]c2=O)CC1. The maximum absolute atomic E-state index is 12.2. The minimum absolute atomic E-state index is 0.00758. The van der Waals surface area contributed by atoms with Crippen LogP contribution in [-0.2, 0) is 6.54 Å². The Kier molecular flexibility index (Phi) is 4.32. The summed E-state index contributed by atoms with van der Waals surface area (Å²) in [6, 6.07) is 9.88. The van der Waals surface area contributed by atoms with E-state index < -0.39 is 0 Å². The Morgan fingerprint density at radius 2 is 2.00 bits per heavy atom. The molecule has 1 aromatic heterocycles. The van der Waals surface area contributed by atoms with Crippen molar-refractivity contribution in [2.24, 2.45) is 5.41 Å². The molecule has 2 heterocycles. The summed E-state index contributed by atoms with van der Waals surface area (Å²) in [7, 11) is 0. The van der Waals surface area contributed by atoms with Gasteiger partial charge in [0.25, 0.3) is 5.56 Å². The van der Waals surface area contributed by atoms with Gasteiger partial charge in [-0.15, -0.1) is 0 Å². The molecule has 0 aliphatic carbocycles. The van der Waals surface area contributed by atoms with Crippen molar-refractivity contribution >= 4 is 10.9 Å². The number of fused-ring (bicyclic) bond motifs is 1. The predicted octanol–water partition coefficient (Wildman–Crippen LogP) is 2.51. The second-order valence-corrected chi connectivity index (χ2v) is 6.50. The van der Waals surface area contributed by atoms with E-state index in [1.54, 1.807) is 0 Å². The number of hydrogen-bond donors (Lipinski definition) is 2. The van der Waals surface area contributed by atoms with Crippen LogP contribution in [0.1, 0.15) is 31.7 Å². The number of piperidine rings is 1. The molecule has 0 amide bonds. The number of aliphatic hydroxyl groups is 1. The Morgan fingerprint density at radius 3 is 2.68 bits per heavy atom. The van der Waals surface area contributed by atoms with E-state index in [1.807, 2.05) is 30.3 Å². The second-order valence-electron chi connectivity index (χ2n) is 6.50. The van der Waals surface area contributed by atoms with Crippen molar-refractivity contribution < 1.29 is 5.11 Å². The van der Waals surface area contributed by atoms with Crippen molar-refractivity contribution in [2.45, 2.75) is 32.7 Å². The van der Waals surface area contributed by atoms with Crippen molar-refractivity contribution in [1.82, 2.24) is 9.88 Å². The van der Waals surface area contributed by atoms with Gasteiger partial charge in [0.2, 0.25) is 0 Å². The number of nitrogens with one attached hydrogen (secondary N) is 1. The Labute approximate surface area is 130 Å². The van der Waals surface area contributed by atoms with Gasteiger partial charge in [0.1, 0.15) is 0 Å². The van der Waals surface area contributed by atoms with Gasteiger partial charge in [0.05, 0.1) is 0 Å². The monoisotopic (exact) mass is 300 g/mol. The number of likely N-dealkylation sites (tertiary alicyclic amines) is 1. The fourth-order valence-corrected chi connectivity index (χ4v) is 3.36. The summed E-state index contributed by atoms with van der Waals surface area (Å²) >= 11 is 0. The van der Waals surface area contributed by atoms with Gasteiger partial charge in [-0.3, -0.25) is 9.69 Å². The van der Waals surface area contributed by atoms with Gasteiger partial charge in [-0.25, -0.2) is 0 Å². The lowest BCUT2D eigenvalue weighted by Crippen LogP contribution is -2.42. The number of para-hydroxylation sites is 1. The van der Waals surface area contributed by atoms with E-state index in [2.05, 4.69) is 16.8 Å². The Balaban J connectivity index is 1.74. The smallest absolute Gasteiger partial charge is 0.252 e. The van der Waals surface area contributed by atoms with Crippen LogP contribution in [0.4, 0.5) is 0 Å². The molecular formula is C18H24N2O2. The molecule has 118 valence electrons. The number of H-pyrrole nitrogens is 1. The maximum atomic E-state index is 12.2. The van der Waals surface area contributed by atoms with Crippen LogP contribution in [0.25, 0.3) is 10.9 Å². The van der Waals surface area contributed by atoms with Crippen LogP contribution in [0.2, 0.25) is 0 Å². The number of hydrogen-bond acceptors (Lipinski definition) is 3. The number of nitrogens with zero attached hydrogens (tertiary/aromatic N) is 1. The Morgan fingerprint density at radius 1 is 1.27 bits per heavy atom. The van der Waals surface area contributed by atoms with Crippen LogP contribution >= 0.6 is 0 Å². The zero-order valence-electron chi connectivity index (χ0n) is 13.1. The molecule has 0 saturated carbocycles. The van der Waals surface area contributed by atoms with Crippen LogP contribution < -0.4 is 5.56 Å². The van der Waals surface area contributed by atoms with Crippen LogP contribution in [0.5, 0.6) is 0 Å². The molecule has 0 radical (unpaired) electrons. The van der Waals surface area contributed by atoms with Crippen molar-refractivity contribution in [1.29, 1.82) is 0 Å². The average Bonchev–Trinajstić information content (AvgIpc) is 2.56. The molecule has 1 aliphatic rings. The molecule has 1 aliphatic heterocycles. The van der Waals surface area contributed by atoms with Crippen molar-refractivity contribution in [3.8, 4) is 0 Å². The summed E-state index contributed by atoms with van der Waals surface area (Å²) in [6.45, 7) is 5.00. The van der Waals surface area contributed by atoms with Gasteiger partial charge in [-0.1, -0.05) is 25.1 Å². The highest BCUT2D eigenvalue weighted by Crippen LogP contribution is 2.34. The summed E-state index contributed by atoms with van der Waals surface area (Å²) in [6.07, 6.45) is 3.03. The summed E-state index contributed by atoms with van der Waals surface area (Å²) in [5.74, 6) is 0. The van der Waals surface area contributed by atoms with E-state index in [0.29, 0.717) is 6.54 Å². The highest BCUT2D eigenvalue weighted by atomic mass is 16.3. The largest absolute Gasteiger partial charge is 0.396 e. The van der Waals surface area contributed by atoms with Gasteiger partial charge in [-0.05, 0) is 55.3 Å². The van der Waals surface area contributed by atoms with Crippen LogP contribution in [0, 0.1) is 5.41 Å². The molecule has 2 N–H and O–H groups in total. The molecule has 1 aromatic carbocycles. The first-order valence-corrected chi connectivity index (χ1v) is 8.10. The van der Waals surface area contributed by atoms with E-state index in [-0.39, 0.29) is 17.6 Å². The third-order valence-corrected chi connectivity index (χ3v) is 5.23. The van der Waals surface area contributed by atoms with Gasteiger partial charge in [0, 0.05) is 24.2 Å². The first-order valence-electron chi connectivity index (χ1n) is 8.10. The van der Waals surface area contributed by atoms with Crippen LogP contribution in [0.15, 0.2) is 35.1 Å². The highest BCUT2D eigenvalue weighted by molar-refractivity contribution is 5.78. The molecule has 1 fully saturated rings. The lowest BCUT2D eigenvalue weighted by molar-refractivity contribution is 0.0381. The number of aromatic amines is 1. The summed E-state index contributed by atoms with van der Waals surface area (Å²) in [4.78, 5) is 17.5.